The zero-order valence-corrected chi connectivity index (χ0v) is 14.8. The molecule has 5 nitrogen and oxygen atoms in total. The highest BCUT2D eigenvalue weighted by Crippen LogP contribution is 2.30. The van der Waals surface area contributed by atoms with Gasteiger partial charge in [0.25, 0.3) is 0 Å². The van der Waals surface area contributed by atoms with Crippen molar-refractivity contribution in [2.75, 3.05) is 38.1 Å². The number of rotatable bonds is 4. The standard InChI is InChI=1S/C18H24ClN3O2/c1-20(13-17(23)21-10-5-2-6-11-21)16-9-12-22(18(16)24)15-8-4-3-7-14(15)19/h3-4,7-8,16H,2,5-6,9-13H2,1H3/t16-/m0/s1. The second kappa shape index (κ2) is 7.53. The van der Waals surface area contributed by atoms with Crippen LogP contribution in [0.5, 0.6) is 0 Å². The quantitative estimate of drug-likeness (QED) is 0.838. The molecule has 2 heterocycles. The van der Waals surface area contributed by atoms with E-state index in [0.29, 0.717) is 24.5 Å². The lowest BCUT2D eigenvalue weighted by atomic mass is 10.1. The monoisotopic (exact) mass is 349 g/mol. The number of carbonyl (C=O) groups excluding carboxylic acids is 2. The van der Waals surface area contributed by atoms with Crippen molar-refractivity contribution in [3.05, 3.63) is 29.3 Å². The molecule has 0 spiro atoms. The van der Waals surface area contributed by atoms with E-state index in [1.807, 2.05) is 35.0 Å². The predicted molar refractivity (Wildman–Crippen MR) is 95.3 cm³/mol. The summed E-state index contributed by atoms with van der Waals surface area (Å²) in [6, 6.07) is 7.14. The fourth-order valence-electron chi connectivity index (χ4n) is 3.55. The van der Waals surface area contributed by atoms with Crippen LogP contribution >= 0.6 is 11.6 Å². The molecule has 1 aromatic rings. The number of likely N-dealkylation sites (tertiary alicyclic amines) is 1. The zero-order valence-electron chi connectivity index (χ0n) is 14.1. The van der Waals surface area contributed by atoms with Gasteiger partial charge < -0.3 is 9.80 Å². The van der Waals surface area contributed by atoms with E-state index in [1.54, 1.807) is 11.0 Å². The van der Waals surface area contributed by atoms with Crippen LogP contribution < -0.4 is 4.90 Å². The zero-order chi connectivity index (χ0) is 17.1. The second-order valence-electron chi connectivity index (χ2n) is 6.60. The Bertz CT molecular complexity index is 616. The van der Waals surface area contributed by atoms with Gasteiger partial charge >= 0.3 is 0 Å². The number of hydrogen-bond donors (Lipinski definition) is 0. The predicted octanol–water partition coefficient (Wildman–Crippen LogP) is 2.39. The minimum absolute atomic E-state index is 0.0250. The molecule has 1 atom stereocenters. The molecule has 2 aliphatic rings. The number of benzene rings is 1. The number of amides is 2. The van der Waals surface area contributed by atoms with Crippen molar-refractivity contribution in [1.82, 2.24) is 9.80 Å². The maximum Gasteiger partial charge on any atom is 0.244 e. The third-order valence-electron chi connectivity index (χ3n) is 4.95. The lowest BCUT2D eigenvalue weighted by Gasteiger charge is -2.30. The number of nitrogens with zero attached hydrogens (tertiary/aromatic N) is 3. The third kappa shape index (κ3) is 3.57. The van der Waals surface area contributed by atoms with E-state index in [9.17, 15) is 9.59 Å². The summed E-state index contributed by atoms with van der Waals surface area (Å²) in [5.74, 6) is 0.151. The molecular formula is C18H24ClN3O2. The van der Waals surface area contributed by atoms with Gasteiger partial charge in [-0.25, -0.2) is 0 Å². The van der Waals surface area contributed by atoms with Crippen molar-refractivity contribution < 1.29 is 9.59 Å². The molecule has 0 N–H and O–H groups in total. The van der Waals surface area contributed by atoms with Crippen LogP contribution in [-0.2, 0) is 9.59 Å². The van der Waals surface area contributed by atoms with Crippen molar-refractivity contribution in [3.63, 3.8) is 0 Å². The highest BCUT2D eigenvalue weighted by molar-refractivity contribution is 6.33. The fourth-order valence-corrected chi connectivity index (χ4v) is 3.79. The molecule has 2 amide bonds. The molecule has 24 heavy (non-hydrogen) atoms. The number of hydrogen-bond acceptors (Lipinski definition) is 3. The molecule has 6 heteroatoms. The topological polar surface area (TPSA) is 43.9 Å². The highest BCUT2D eigenvalue weighted by Gasteiger charge is 2.36. The van der Waals surface area contributed by atoms with Gasteiger partial charge in [-0.3, -0.25) is 14.5 Å². The number of piperidine rings is 1. The molecule has 3 rings (SSSR count). The van der Waals surface area contributed by atoms with Gasteiger partial charge in [-0.05, 0) is 44.9 Å². The maximum absolute atomic E-state index is 12.8. The van der Waals surface area contributed by atoms with Crippen molar-refractivity contribution in [1.29, 1.82) is 0 Å². The smallest absolute Gasteiger partial charge is 0.244 e. The van der Waals surface area contributed by atoms with E-state index in [0.717, 1.165) is 31.6 Å². The average molecular weight is 350 g/mol. The van der Waals surface area contributed by atoms with Crippen molar-refractivity contribution in [3.8, 4) is 0 Å². The van der Waals surface area contributed by atoms with Crippen LogP contribution in [0, 0.1) is 0 Å². The first-order valence-electron chi connectivity index (χ1n) is 8.62. The lowest BCUT2D eigenvalue weighted by molar-refractivity contribution is -0.134. The van der Waals surface area contributed by atoms with Crippen LogP contribution in [0.15, 0.2) is 24.3 Å². The second-order valence-corrected chi connectivity index (χ2v) is 7.01. The Labute approximate surface area is 148 Å². The summed E-state index contributed by atoms with van der Waals surface area (Å²) >= 11 is 6.21. The van der Waals surface area contributed by atoms with E-state index in [-0.39, 0.29) is 17.9 Å². The minimum Gasteiger partial charge on any atom is -0.342 e. The third-order valence-corrected chi connectivity index (χ3v) is 5.27. The summed E-state index contributed by atoms with van der Waals surface area (Å²) in [6.45, 7) is 2.62. The van der Waals surface area contributed by atoms with Gasteiger partial charge in [0.1, 0.15) is 0 Å². The van der Waals surface area contributed by atoms with Crippen LogP contribution in [0.25, 0.3) is 0 Å². The van der Waals surface area contributed by atoms with Gasteiger partial charge in [-0.1, -0.05) is 23.7 Å². The first-order valence-corrected chi connectivity index (χ1v) is 8.99. The van der Waals surface area contributed by atoms with E-state index < -0.39 is 0 Å². The average Bonchev–Trinajstić information content (AvgIpc) is 2.97. The number of carbonyl (C=O) groups is 2. The van der Waals surface area contributed by atoms with Crippen LogP contribution in [-0.4, -0.2) is 60.9 Å². The van der Waals surface area contributed by atoms with E-state index in [4.69, 9.17) is 11.6 Å². The van der Waals surface area contributed by atoms with Crippen LogP contribution in [0.3, 0.4) is 0 Å². The van der Waals surface area contributed by atoms with Crippen LogP contribution in [0.2, 0.25) is 5.02 Å². The fraction of sp³-hybridized carbons (Fsp3) is 0.556. The SMILES string of the molecule is CN(CC(=O)N1CCCCC1)[C@H]1CCN(c2ccccc2Cl)C1=O. The summed E-state index contributed by atoms with van der Waals surface area (Å²) < 4.78 is 0. The summed E-state index contributed by atoms with van der Waals surface area (Å²) in [7, 11) is 1.86. The molecule has 130 valence electrons. The Hall–Kier alpha value is -1.59. The van der Waals surface area contributed by atoms with Gasteiger partial charge in [0.15, 0.2) is 0 Å². The maximum atomic E-state index is 12.8. The molecule has 0 saturated carbocycles. The molecule has 1 aromatic carbocycles. The Kier molecular flexibility index (Phi) is 5.41. The van der Waals surface area contributed by atoms with Gasteiger partial charge in [0.2, 0.25) is 11.8 Å². The molecule has 0 unspecified atom stereocenters. The molecule has 0 aromatic heterocycles. The Morgan fingerprint density at radius 1 is 1.21 bits per heavy atom. The molecule has 2 fully saturated rings. The minimum atomic E-state index is -0.255. The van der Waals surface area contributed by atoms with Gasteiger partial charge in [-0.15, -0.1) is 0 Å². The summed E-state index contributed by atoms with van der Waals surface area (Å²) in [5, 5.41) is 0.582. The van der Waals surface area contributed by atoms with Crippen molar-refractivity contribution >= 4 is 29.1 Å². The Morgan fingerprint density at radius 3 is 2.62 bits per heavy atom. The summed E-state index contributed by atoms with van der Waals surface area (Å²) in [5.41, 5.74) is 0.752. The van der Waals surface area contributed by atoms with Crippen molar-refractivity contribution in [2.24, 2.45) is 0 Å². The molecule has 0 aliphatic carbocycles. The summed E-state index contributed by atoms with van der Waals surface area (Å²) in [6.07, 6.45) is 4.08. The Morgan fingerprint density at radius 2 is 1.92 bits per heavy atom. The first kappa shape index (κ1) is 17.2. The van der Waals surface area contributed by atoms with Gasteiger partial charge in [0, 0.05) is 19.6 Å². The summed E-state index contributed by atoms with van der Waals surface area (Å²) in [4.78, 5) is 30.7. The number of halogens is 1. The molecule has 2 aliphatic heterocycles. The van der Waals surface area contributed by atoms with Crippen LogP contribution in [0.1, 0.15) is 25.7 Å². The molecule has 0 bridgehead atoms. The lowest BCUT2D eigenvalue weighted by Crippen LogP contribution is -2.47. The van der Waals surface area contributed by atoms with E-state index >= 15 is 0 Å². The number of para-hydroxylation sites is 1. The highest BCUT2D eigenvalue weighted by atomic mass is 35.5. The van der Waals surface area contributed by atoms with Crippen LogP contribution in [0.4, 0.5) is 5.69 Å². The number of anilines is 1. The van der Waals surface area contributed by atoms with E-state index in [1.165, 1.54) is 6.42 Å². The van der Waals surface area contributed by atoms with Gasteiger partial charge in [0.05, 0.1) is 23.3 Å². The molecular weight excluding hydrogens is 326 g/mol. The molecule has 0 radical (unpaired) electrons. The molecule has 2 saturated heterocycles. The van der Waals surface area contributed by atoms with E-state index in [2.05, 4.69) is 0 Å². The normalized spacial score (nSPS) is 21.6. The first-order chi connectivity index (χ1) is 11.6. The van der Waals surface area contributed by atoms with Gasteiger partial charge in [-0.2, -0.15) is 0 Å². The Balaban J connectivity index is 1.62. The number of likely N-dealkylation sites (N-methyl/N-ethyl adjacent to an activating group) is 1. The van der Waals surface area contributed by atoms with Crippen molar-refractivity contribution in [2.45, 2.75) is 31.7 Å². The largest absolute Gasteiger partial charge is 0.342 e.